The summed E-state index contributed by atoms with van der Waals surface area (Å²) in [6.45, 7) is 0. The molecule has 92 valence electrons. The molecule has 0 fully saturated rings. The summed E-state index contributed by atoms with van der Waals surface area (Å²) in [5.41, 5.74) is 1.84. The lowest BCUT2D eigenvalue weighted by Gasteiger charge is -2.19. The zero-order valence-electron chi connectivity index (χ0n) is 9.84. The summed E-state index contributed by atoms with van der Waals surface area (Å²) in [5.74, 6) is 0. The molecule has 2 nitrogen and oxygen atoms in total. The fourth-order valence-electron chi connectivity index (χ4n) is 1.66. The van der Waals surface area contributed by atoms with Gasteiger partial charge in [0.25, 0.3) is 0 Å². The summed E-state index contributed by atoms with van der Waals surface area (Å²) < 4.78 is 11.3. The molecule has 18 heavy (non-hydrogen) atoms. The number of benzene rings is 2. The van der Waals surface area contributed by atoms with Gasteiger partial charge in [-0.2, -0.15) is 0 Å². The molecule has 2 aromatic rings. The van der Waals surface area contributed by atoms with Gasteiger partial charge in [0.15, 0.2) is 0 Å². The first kappa shape index (κ1) is 12.9. The Morgan fingerprint density at radius 3 is 2.22 bits per heavy atom. The number of anilines is 1. The second-order valence-electron chi connectivity index (χ2n) is 3.79. The average Bonchev–Trinajstić information content (AvgIpc) is 2.42. The number of hydrogen-bond donors (Lipinski definition) is 0. The molecule has 0 radical (unpaired) electrons. The number of rotatable bonds is 2. The molecule has 0 bridgehead atoms. The first-order valence-corrected chi connectivity index (χ1v) is 6.56. The highest BCUT2D eigenvalue weighted by Crippen LogP contribution is 2.16. The van der Waals surface area contributed by atoms with Gasteiger partial charge < -0.3 is 4.90 Å². The molecule has 0 heterocycles. The molecule has 0 saturated carbocycles. The largest absolute Gasteiger partial charge is 0.333 e. The van der Waals surface area contributed by atoms with E-state index < -0.39 is 0 Å². The quantitative estimate of drug-likeness (QED) is 0.786. The topological polar surface area (TPSA) is 20.3 Å². The van der Waals surface area contributed by atoms with E-state index in [9.17, 15) is 4.21 Å². The monoisotopic (exact) mass is 277 g/mol. The van der Waals surface area contributed by atoms with Gasteiger partial charge in [-0.25, -0.2) is 4.21 Å². The van der Waals surface area contributed by atoms with Gasteiger partial charge >= 0.3 is 0 Å². The Kier molecular flexibility index (Phi) is 4.18. The minimum Gasteiger partial charge on any atom is -0.333 e. The smallest absolute Gasteiger partial charge is 0.143 e. The third-order valence-electron chi connectivity index (χ3n) is 2.62. The van der Waals surface area contributed by atoms with Crippen LogP contribution in [0.25, 0.3) is 0 Å². The highest BCUT2D eigenvalue weighted by atomic mass is 35.5. The van der Waals surface area contributed by atoms with Gasteiger partial charge in [-0.3, -0.25) is 0 Å². The van der Waals surface area contributed by atoms with Crippen molar-refractivity contribution in [3.63, 3.8) is 0 Å². The molecule has 4 heteroatoms. The van der Waals surface area contributed by atoms with E-state index >= 15 is 0 Å². The van der Waals surface area contributed by atoms with E-state index in [-0.39, 0.29) is 0 Å². The van der Waals surface area contributed by atoms with Crippen LogP contribution in [0.2, 0.25) is 5.02 Å². The SMILES string of the molecule is CN(C(=S=O)c1ccc(Cl)cc1)c1ccccc1. The molecular formula is C14H12ClNOS. The maximum absolute atomic E-state index is 11.3. The molecule has 0 atom stereocenters. The van der Waals surface area contributed by atoms with E-state index in [1.165, 1.54) is 0 Å². The van der Waals surface area contributed by atoms with Gasteiger partial charge in [0.2, 0.25) is 0 Å². The highest BCUT2D eigenvalue weighted by Gasteiger charge is 2.10. The van der Waals surface area contributed by atoms with Crippen LogP contribution in [0.5, 0.6) is 0 Å². The maximum Gasteiger partial charge on any atom is 0.143 e. The number of nitrogens with zero attached hydrogens (tertiary/aromatic N) is 1. The Balaban J connectivity index is 2.36. The molecule has 0 N–H and O–H groups in total. The van der Waals surface area contributed by atoms with Gasteiger partial charge in [0.1, 0.15) is 16.2 Å². The van der Waals surface area contributed by atoms with Crippen molar-refractivity contribution in [1.82, 2.24) is 0 Å². The molecule has 0 aliphatic rings. The van der Waals surface area contributed by atoms with Crippen molar-refractivity contribution >= 4 is 33.5 Å². The van der Waals surface area contributed by atoms with Gasteiger partial charge in [-0.15, -0.1) is 0 Å². The van der Waals surface area contributed by atoms with E-state index in [1.807, 2.05) is 54.4 Å². The van der Waals surface area contributed by atoms with E-state index in [2.05, 4.69) is 0 Å². The van der Waals surface area contributed by atoms with Crippen molar-refractivity contribution in [1.29, 1.82) is 0 Å². The van der Waals surface area contributed by atoms with Crippen LogP contribution in [0.4, 0.5) is 5.69 Å². The van der Waals surface area contributed by atoms with Gasteiger partial charge in [0.05, 0.1) is 0 Å². The van der Waals surface area contributed by atoms with Crippen LogP contribution in [0.1, 0.15) is 5.56 Å². The van der Waals surface area contributed by atoms with Crippen molar-refractivity contribution in [3.8, 4) is 0 Å². The fraction of sp³-hybridized carbons (Fsp3) is 0.0714. The summed E-state index contributed by atoms with van der Waals surface area (Å²) >= 11 is 6.33. The summed E-state index contributed by atoms with van der Waals surface area (Å²) in [5, 5.41) is 0.663. The first-order chi connectivity index (χ1) is 8.72. The molecule has 0 aliphatic heterocycles. The summed E-state index contributed by atoms with van der Waals surface area (Å²) in [7, 11) is 1.88. The Morgan fingerprint density at radius 1 is 1.06 bits per heavy atom. The summed E-state index contributed by atoms with van der Waals surface area (Å²) in [6, 6.07) is 17.0. The van der Waals surface area contributed by atoms with Crippen LogP contribution in [0.3, 0.4) is 0 Å². The Morgan fingerprint density at radius 2 is 1.67 bits per heavy atom. The Hall–Kier alpha value is -1.58. The van der Waals surface area contributed by atoms with Crippen molar-refractivity contribution in [2.45, 2.75) is 0 Å². The van der Waals surface area contributed by atoms with Gasteiger partial charge in [0, 0.05) is 23.3 Å². The molecule has 0 unspecified atom stereocenters. The number of para-hydroxylation sites is 1. The lowest BCUT2D eigenvalue weighted by Crippen LogP contribution is -2.27. The van der Waals surface area contributed by atoms with Crippen molar-refractivity contribution < 1.29 is 4.21 Å². The van der Waals surface area contributed by atoms with E-state index in [1.54, 1.807) is 12.1 Å². The van der Waals surface area contributed by atoms with Crippen LogP contribution < -0.4 is 4.90 Å². The van der Waals surface area contributed by atoms with Crippen LogP contribution in [0, 0.1) is 0 Å². The minimum absolute atomic E-state index is 0.481. The second kappa shape index (κ2) is 5.85. The Bertz CT molecular complexity index is 577. The van der Waals surface area contributed by atoms with Gasteiger partial charge in [-0.1, -0.05) is 41.9 Å². The number of hydrogen-bond acceptors (Lipinski definition) is 1. The van der Waals surface area contributed by atoms with E-state index in [0.717, 1.165) is 11.3 Å². The average molecular weight is 278 g/mol. The van der Waals surface area contributed by atoms with Crippen LogP contribution in [-0.4, -0.2) is 16.2 Å². The first-order valence-electron chi connectivity index (χ1n) is 5.44. The molecule has 0 spiro atoms. The second-order valence-corrected chi connectivity index (χ2v) is 4.78. The third-order valence-corrected chi connectivity index (χ3v) is 3.54. The highest BCUT2D eigenvalue weighted by molar-refractivity contribution is 7.67. The molecule has 0 saturated heterocycles. The molecule has 0 aromatic heterocycles. The molecule has 0 amide bonds. The van der Waals surface area contributed by atoms with E-state index in [4.69, 9.17) is 11.6 Å². The standard InChI is InChI=1S/C14H12ClNOS/c1-16(13-5-3-2-4-6-13)14(18-17)11-7-9-12(15)10-8-11/h2-10H,1H3. The zero-order chi connectivity index (χ0) is 13.0. The zero-order valence-corrected chi connectivity index (χ0v) is 11.4. The minimum atomic E-state index is 0.481. The third kappa shape index (κ3) is 2.81. The number of halogens is 1. The molecule has 0 aliphatic carbocycles. The normalized spacial score (nSPS) is 9.89. The molecule has 2 aromatic carbocycles. The lowest BCUT2D eigenvalue weighted by molar-refractivity contribution is 0.701. The van der Waals surface area contributed by atoms with E-state index in [0.29, 0.717) is 21.3 Å². The lowest BCUT2D eigenvalue weighted by atomic mass is 10.2. The van der Waals surface area contributed by atoms with Crippen molar-refractivity contribution in [3.05, 3.63) is 65.2 Å². The maximum atomic E-state index is 11.3. The van der Waals surface area contributed by atoms with Crippen LogP contribution >= 0.6 is 11.6 Å². The van der Waals surface area contributed by atoms with Crippen LogP contribution in [0.15, 0.2) is 54.6 Å². The van der Waals surface area contributed by atoms with Gasteiger partial charge in [-0.05, 0) is 24.3 Å². The predicted octanol–water partition coefficient (Wildman–Crippen LogP) is 3.17. The molecule has 2 rings (SSSR count). The fourth-order valence-corrected chi connectivity index (χ4v) is 2.23. The predicted molar refractivity (Wildman–Crippen MR) is 78.5 cm³/mol. The molecular weight excluding hydrogens is 266 g/mol. The van der Waals surface area contributed by atoms with Crippen molar-refractivity contribution in [2.24, 2.45) is 0 Å². The van der Waals surface area contributed by atoms with Crippen LogP contribution in [-0.2, 0) is 11.3 Å². The Labute approximate surface area is 115 Å². The summed E-state index contributed by atoms with van der Waals surface area (Å²) in [6.07, 6.45) is 0. The summed E-state index contributed by atoms with van der Waals surface area (Å²) in [4.78, 5) is 2.53. The van der Waals surface area contributed by atoms with Crippen molar-refractivity contribution in [2.75, 3.05) is 11.9 Å².